The van der Waals surface area contributed by atoms with Gasteiger partial charge in [0.2, 0.25) is 0 Å². The summed E-state index contributed by atoms with van der Waals surface area (Å²) in [5.41, 5.74) is 3.44. The summed E-state index contributed by atoms with van der Waals surface area (Å²) >= 11 is 0. The number of aryl methyl sites for hydroxylation is 1. The van der Waals surface area contributed by atoms with Gasteiger partial charge in [-0.05, 0) is 48.4 Å². The van der Waals surface area contributed by atoms with Crippen molar-refractivity contribution >= 4 is 16.8 Å². The Labute approximate surface area is 211 Å². The summed E-state index contributed by atoms with van der Waals surface area (Å²) < 4.78 is 17.4. The van der Waals surface area contributed by atoms with E-state index in [-0.39, 0.29) is 29.8 Å². The lowest BCUT2D eigenvalue weighted by molar-refractivity contribution is 0.0949. The third-order valence-corrected chi connectivity index (χ3v) is 6.21. The molecule has 0 aliphatic rings. The van der Waals surface area contributed by atoms with Crippen molar-refractivity contribution in [3.8, 4) is 0 Å². The first-order valence-corrected chi connectivity index (χ1v) is 11.7. The number of hydrogen-bond donors (Lipinski definition) is 2. The largest absolute Gasteiger partial charge is 0.361 e. The minimum Gasteiger partial charge on any atom is -0.361 e. The molecule has 0 atom stereocenters. The molecule has 2 N–H and O–H groups in total. The lowest BCUT2D eigenvalue weighted by Gasteiger charge is -2.11. The van der Waals surface area contributed by atoms with Gasteiger partial charge in [-0.2, -0.15) is 0 Å². The highest BCUT2D eigenvalue weighted by Gasteiger charge is 2.12. The highest BCUT2D eigenvalue weighted by atomic mass is 19.1. The van der Waals surface area contributed by atoms with Crippen LogP contribution in [0.25, 0.3) is 10.9 Å². The zero-order chi connectivity index (χ0) is 25.9. The first-order valence-electron chi connectivity index (χ1n) is 11.7. The number of carbonyl (C=O) groups is 1. The fourth-order valence-electron chi connectivity index (χ4n) is 4.13. The Hall–Kier alpha value is -4.79. The van der Waals surface area contributed by atoms with Crippen LogP contribution in [0.5, 0.6) is 0 Å². The van der Waals surface area contributed by atoms with Gasteiger partial charge in [0.25, 0.3) is 17.0 Å². The molecule has 0 saturated heterocycles. The molecule has 37 heavy (non-hydrogen) atoms. The zero-order valence-electron chi connectivity index (χ0n) is 20.1. The lowest BCUT2D eigenvalue weighted by Crippen LogP contribution is -2.27. The maximum absolute atomic E-state index is 14.5. The summed E-state index contributed by atoms with van der Waals surface area (Å²) in [6.45, 7) is 2.50. The Morgan fingerprint density at radius 3 is 2.65 bits per heavy atom. The SMILES string of the molecule is Cc1c[nH]c2cc(F)c(CNC(=O)c3ccc(=O)n(Cc4ccc(Cn5ccccc5=O)nc4)c3)cc12. The van der Waals surface area contributed by atoms with E-state index >= 15 is 0 Å². The van der Waals surface area contributed by atoms with Crippen molar-refractivity contribution in [1.82, 2.24) is 24.4 Å². The van der Waals surface area contributed by atoms with Crippen LogP contribution in [0.15, 0.2) is 89.0 Å². The molecule has 1 amide bonds. The molecule has 0 unspecified atom stereocenters. The number of carbonyl (C=O) groups excluding carboxylic acids is 1. The van der Waals surface area contributed by atoms with E-state index < -0.39 is 11.7 Å². The number of nitrogens with zero attached hydrogens (tertiary/aromatic N) is 3. The summed E-state index contributed by atoms with van der Waals surface area (Å²) in [4.78, 5) is 44.5. The van der Waals surface area contributed by atoms with Crippen LogP contribution in [0.4, 0.5) is 4.39 Å². The number of fused-ring (bicyclic) bond motifs is 1. The molecular formula is C28H24FN5O3. The number of hydrogen-bond acceptors (Lipinski definition) is 4. The van der Waals surface area contributed by atoms with E-state index in [4.69, 9.17) is 0 Å². The standard InChI is InChI=1S/C28H24FN5O3/c1-18-12-31-25-11-24(29)21(10-23(18)25)14-32-28(37)20-6-8-27(36)34(16-20)15-19-5-7-22(30-13-19)17-33-9-3-2-4-26(33)35/h2-13,16,31H,14-15,17H2,1H3,(H,32,37). The van der Waals surface area contributed by atoms with Gasteiger partial charge in [0.05, 0.1) is 24.3 Å². The maximum atomic E-state index is 14.5. The molecule has 186 valence electrons. The van der Waals surface area contributed by atoms with Crippen LogP contribution in [-0.2, 0) is 19.6 Å². The van der Waals surface area contributed by atoms with Gasteiger partial charge in [0, 0.05) is 59.9 Å². The Bertz CT molecular complexity index is 1720. The Morgan fingerprint density at radius 1 is 1.03 bits per heavy atom. The van der Waals surface area contributed by atoms with Gasteiger partial charge < -0.3 is 19.4 Å². The van der Waals surface area contributed by atoms with Crippen molar-refractivity contribution < 1.29 is 9.18 Å². The number of rotatable bonds is 7. The first kappa shape index (κ1) is 23.9. The van der Waals surface area contributed by atoms with E-state index in [1.807, 2.05) is 19.2 Å². The average Bonchev–Trinajstić information content (AvgIpc) is 3.25. The van der Waals surface area contributed by atoms with E-state index in [9.17, 15) is 18.8 Å². The van der Waals surface area contributed by atoms with Crippen LogP contribution >= 0.6 is 0 Å². The van der Waals surface area contributed by atoms with Crippen LogP contribution in [0.2, 0.25) is 0 Å². The van der Waals surface area contributed by atoms with Gasteiger partial charge in [0.15, 0.2) is 0 Å². The number of benzene rings is 1. The second-order valence-corrected chi connectivity index (χ2v) is 8.85. The molecule has 4 aromatic heterocycles. The first-order chi connectivity index (χ1) is 17.9. The highest BCUT2D eigenvalue weighted by molar-refractivity contribution is 5.94. The third-order valence-electron chi connectivity index (χ3n) is 6.21. The Morgan fingerprint density at radius 2 is 1.86 bits per heavy atom. The summed E-state index contributed by atoms with van der Waals surface area (Å²) in [6, 6.07) is 14.5. The molecule has 1 aromatic carbocycles. The number of amides is 1. The zero-order valence-corrected chi connectivity index (χ0v) is 20.1. The van der Waals surface area contributed by atoms with Crippen molar-refractivity contribution in [2.75, 3.05) is 0 Å². The molecule has 4 heterocycles. The second kappa shape index (κ2) is 10.1. The molecule has 0 fully saturated rings. The van der Waals surface area contributed by atoms with Crippen molar-refractivity contribution in [3.63, 3.8) is 0 Å². The summed E-state index contributed by atoms with van der Waals surface area (Å²) in [7, 11) is 0. The molecule has 0 bridgehead atoms. The molecule has 0 aliphatic carbocycles. The lowest BCUT2D eigenvalue weighted by atomic mass is 10.1. The van der Waals surface area contributed by atoms with E-state index in [0.29, 0.717) is 23.3 Å². The maximum Gasteiger partial charge on any atom is 0.253 e. The van der Waals surface area contributed by atoms with E-state index in [1.165, 1.54) is 35.0 Å². The number of halogens is 1. The predicted octanol–water partition coefficient (Wildman–Crippen LogP) is 3.36. The highest BCUT2D eigenvalue weighted by Crippen LogP contribution is 2.21. The van der Waals surface area contributed by atoms with E-state index in [0.717, 1.165) is 16.5 Å². The molecular weight excluding hydrogens is 473 g/mol. The molecule has 0 aliphatic heterocycles. The van der Waals surface area contributed by atoms with Gasteiger partial charge in [-0.15, -0.1) is 0 Å². The number of aromatic nitrogens is 4. The molecule has 8 nitrogen and oxygen atoms in total. The fourth-order valence-corrected chi connectivity index (χ4v) is 4.13. The molecule has 5 aromatic rings. The molecule has 9 heteroatoms. The van der Waals surface area contributed by atoms with Gasteiger partial charge in [-0.3, -0.25) is 19.4 Å². The number of nitrogens with one attached hydrogen (secondary N) is 2. The smallest absolute Gasteiger partial charge is 0.253 e. The minimum atomic E-state index is -0.416. The predicted molar refractivity (Wildman–Crippen MR) is 138 cm³/mol. The van der Waals surface area contributed by atoms with Crippen LogP contribution in [0.1, 0.15) is 32.7 Å². The van der Waals surface area contributed by atoms with Crippen molar-refractivity contribution in [1.29, 1.82) is 0 Å². The third kappa shape index (κ3) is 5.25. The van der Waals surface area contributed by atoms with Crippen LogP contribution in [0, 0.1) is 12.7 Å². The van der Waals surface area contributed by atoms with Crippen LogP contribution < -0.4 is 16.4 Å². The second-order valence-electron chi connectivity index (χ2n) is 8.85. The number of H-pyrrole nitrogens is 1. The summed E-state index contributed by atoms with van der Waals surface area (Å²) in [5, 5.41) is 3.63. The summed E-state index contributed by atoms with van der Waals surface area (Å²) in [5.74, 6) is -0.825. The monoisotopic (exact) mass is 497 g/mol. The minimum absolute atomic E-state index is 0.0141. The molecule has 0 spiro atoms. The Kier molecular flexibility index (Phi) is 6.51. The van der Waals surface area contributed by atoms with Crippen molar-refractivity contribution in [3.05, 3.63) is 134 Å². The van der Waals surface area contributed by atoms with E-state index in [1.54, 1.807) is 41.2 Å². The van der Waals surface area contributed by atoms with Gasteiger partial charge >= 0.3 is 0 Å². The quantitative estimate of drug-likeness (QED) is 0.360. The van der Waals surface area contributed by atoms with Crippen molar-refractivity contribution in [2.24, 2.45) is 0 Å². The van der Waals surface area contributed by atoms with Gasteiger partial charge in [-0.1, -0.05) is 12.1 Å². The topological polar surface area (TPSA) is 102 Å². The van der Waals surface area contributed by atoms with Crippen LogP contribution in [0.3, 0.4) is 0 Å². The normalized spacial score (nSPS) is 11.1. The van der Waals surface area contributed by atoms with Gasteiger partial charge in [0.1, 0.15) is 5.82 Å². The number of pyridine rings is 3. The van der Waals surface area contributed by atoms with Crippen molar-refractivity contribution in [2.45, 2.75) is 26.6 Å². The molecule has 0 saturated carbocycles. The van der Waals surface area contributed by atoms with Crippen LogP contribution in [-0.4, -0.2) is 25.0 Å². The fraction of sp³-hybridized carbons (Fsp3) is 0.143. The van der Waals surface area contributed by atoms with Gasteiger partial charge in [-0.25, -0.2) is 4.39 Å². The summed E-state index contributed by atoms with van der Waals surface area (Å²) in [6.07, 6.45) is 6.63. The van der Waals surface area contributed by atoms with E-state index in [2.05, 4.69) is 15.3 Å². The molecule has 0 radical (unpaired) electrons. The molecule has 5 rings (SSSR count). The Balaban J connectivity index is 1.27. The average molecular weight is 498 g/mol. The number of aromatic amines is 1.